The topological polar surface area (TPSA) is 9.86 Å². The van der Waals surface area contributed by atoms with E-state index in [4.69, 9.17) is 0 Å². The summed E-state index contributed by atoms with van der Waals surface area (Å²) in [6, 6.07) is 108. The van der Waals surface area contributed by atoms with Gasteiger partial charge in [0.1, 0.15) is 0 Å². The smallest absolute Gasteiger partial charge is 0.0713 e. The molecule has 0 atom stereocenters. The summed E-state index contributed by atoms with van der Waals surface area (Å²) in [5.41, 5.74) is 21.5. The molecule has 0 N–H and O–H groups in total. The predicted molar refractivity (Wildman–Crippen MR) is 324 cm³/mol. The number of benzene rings is 13. The first kappa shape index (κ1) is 43.4. The standard InChI is InChI=1S/C75H48N2/c1-5-22-51(23-6-1)75(52-24-7-2-8-25-52)67-38-16-13-32-61(67)74-62(37-21-39-68(74)75)73-59-35-19-33-55(49-42-44-71-65(46-49)57-30-14-17-40-69(57)76(71)53-26-9-3-10-27-53)63(59)48-64-56(34-20-36-60(64)73)50-43-45-72-66(47-50)58-31-15-18-41-70(58)77(72)54-28-11-4-12-29-54/h1-48H. The van der Waals surface area contributed by atoms with Gasteiger partial charge in [0.2, 0.25) is 0 Å². The molecule has 0 bridgehead atoms. The van der Waals surface area contributed by atoms with E-state index in [1.807, 2.05) is 0 Å². The van der Waals surface area contributed by atoms with Crippen LogP contribution in [0.4, 0.5) is 0 Å². The van der Waals surface area contributed by atoms with Gasteiger partial charge >= 0.3 is 0 Å². The zero-order valence-electron chi connectivity index (χ0n) is 42.1. The second kappa shape index (κ2) is 17.0. The van der Waals surface area contributed by atoms with E-state index in [0.717, 1.165) is 11.4 Å². The molecule has 0 fully saturated rings. The number of aromatic nitrogens is 2. The third-order valence-corrected chi connectivity index (χ3v) is 16.8. The van der Waals surface area contributed by atoms with Gasteiger partial charge in [-0.3, -0.25) is 0 Å². The van der Waals surface area contributed by atoms with Crippen LogP contribution in [0.2, 0.25) is 0 Å². The Morgan fingerprint density at radius 1 is 0.221 bits per heavy atom. The fourth-order valence-electron chi connectivity index (χ4n) is 13.7. The Hall–Kier alpha value is -10.0. The molecular weight excluding hydrogens is 929 g/mol. The molecule has 0 unspecified atom stereocenters. The Labute approximate surface area is 446 Å². The van der Waals surface area contributed by atoms with E-state index in [9.17, 15) is 0 Å². The van der Waals surface area contributed by atoms with Gasteiger partial charge in [-0.05, 0) is 155 Å². The number of hydrogen-bond donors (Lipinski definition) is 0. The summed E-state index contributed by atoms with van der Waals surface area (Å²) in [6.45, 7) is 0. The van der Waals surface area contributed by atoms with Crippen LogP contribution < -0.4 is 0 Å². The average Bonchev–Trinajstić information content (AvgIpc) is 4.34. The van der Waals surface area contributed by atoms with Gasteiger partial charge in [0.05, 0.1) is 27.5 Å². The van der Waals surface area contributed by atoms with Crippen molar-refractivity contribution >= 4 is 65.2 Å². The van der Waals surface area contributed by atoms with E-state index in [1.165, 1.54) is 132 Å². The molecule has 2 heteroatoms. The minimum absolute atomic E-state index is 0.538. The van der Waals surface area contributed by atoms with Crippen LogP contribution in [0.25, 0.3) is 121 Å². The molecule has 0 saturated heterocycles. The summed E-state index contributed by atoms with van der Waals surface area (Å²) in [6.07, 6.45) is 0. The van der Waals surface area contributed by atoms with Crippen LogP contribution in [-0.4, -0.2) is 9.13 Å². The van der Waals surface area contributed by atoms with Gasteiger partial charge < -0.3 is 9.13 Å². The molecular formula is C75H48N2. The van der Waals surface area contributed by atoms with Crippen LogP contribution in [-0.2, 0) is 5.41 Å². The van der Waals surface area contributed by atoms with Gasteiger partial charge in [-0.25, -0.2) is 0 Å². The molecule has 77 heavy (non-hydrogen) atoms. The molecule has 1 aliphatic carbocycles. The first-order valence-electron chi connectivity index (χ1n) is 26.8. The van der Waals surface area contributed by atoms with Gasteiger partial charge in [-0.2, -0.15) is 0 Å². The third kappa shape index (κ3) is 6.30. The molecule has 0 radical (unpaired) electrons. The molecule has 0 amide bonds. The monoisotopic (exact) mass is 976 g/mol. The number of para-hydroxylation sites is 4. The minimum Gasteiger partial charge on any atom is -0.309 e. The van der Waals surface area contributed by atoms with Gasteiger partial charge in [0.25, 0.3) is 0 Å². The second-order valence-corrected chi connectivity index (χ2v) is 20.6. The summed E-state index contributed by atoms with van der Waals surface area (Å²) >= 11 is 0. The molecule has 0 aliphatic heterocycles. The fraction of sp³-hybridized carbons (Fsp3) is 0.0133. The molecule has 16 rings (SSSR count). The number of hydrogen-bond acceptors (Lipinski definition) is 0. The van der Waals surface area contributed by atoms with Crippen molar-refractivity contribution in [2.24, 2.45) is 0 Å². The van der Waals surface area contributed by atoms with E-state index in [-0.39, 0.29) is 0 Å². The third-order valence-electron chi connectivity index (χ3n) is 16.8. The minimum atomic E-state index is -0.538. The van der Waals surface area contributed by atoms with E-state index in [1.54, 1.807) is 0 Å². The second-order valence-electron chi connectivity index (χ2n) is 20.6. The Kier molecular flexibility index (Phi) is 9.58. The van der Waals surface area contributed by atoms with Gasteiger partial charge in [0, 0.05) is 32.9 Å². The van der Waals surface area contributed by atoms with Gasteiger partial charge in [0.15, 0.2) is 0 Å². The fourth-order valence-corrected chi connectivity index (χ4v) is 13.7. The molecule has 358 valence electrons. The number of nitrogens with zero attached hydrogens (tertiary/aromatic N) is 2. The highest BCUT2D eigenvalue weighted by atomic mass is 15.0. The molecule has 2 heterocycles. The van der Waals surface area contributed by atoms with Crippen LogP contribution in [0, 0.1) is 0 Å². The molecule has 13 aromatic carbocycles. The van der Waals surface area contributed by atoms with Crippen molar-refractivity contribution in [1.29, 1.82) is 0 Å². The predicted octanol–water partition coefficient (Wildman–Crippen LogP) is 19.6. The first-order chi connectivity index (χ1) is 38.2. The highest BCUT2D eigenvalue weighted by molar-refractivity contribution is 6.22. The van der Waals surface area contributed by atoms with Crippen molar-refractivity contribution in [2.45, 2.75) is 5.41 Å². The van der Waals surface area contributed by atoms with Crippen molar-refractivity contribution in [3.8, 4) is 55.9 Å². The molecule has 0 saturated carbocycles. The highest BCUT2D eigenvalue weighted by Crippen LogP contribution is 2.59. The summed E-state index contributed by atoms with van der Waals surface area (Å²) in [7, 11) is 0. The maximum Gasteiger partial charge on any atom is 0.0713 e. The average molecular weight is 977 g/mol. The zero-order valence-corrected chi connectivity index (χ0v) is 42.1. The molecule has 2 aromatic heterocycles. The van der Waals surface area contributed by atoms with E-state index in [2.05, 4.69) is 300 Å². The lowest BCUT2D eigenvalue weighted by Gasteiger charge is -2.34. The van der Waals surface area contributed by atoms with Crippen LogP contribution >= 0.6 is 0 Å². The quantitative estimate of drug-likeness (QED) is 0.141. The maximum atomic E-state index is 2.50. The summed E-state index contributed by atoms with van der Waals surface area (Å²) in [4.78, 5) is 0. The van der Waals surface area contributed by atoms with Crippen LogP contribution in [0.15, 0.2) is 291 Å². The highest BCUT2D eigenvalue weighted by Gasteiger charge is 2.47. The van der Waals surface area contributed by atoms with Gasteiger partial charge in [-0.1, -0.05) is 224 Å². The van der Waals surface area contributed by atoms with Crippen LogP contribution in [0.5, 0.6) is 0 Å². The maximum absolute atomic E-state index is 2.50. The largest absolute Gasteiger partial charge is 0.309 e. The van der Waals surface area contributed by atoms with Crippen molar-refractivity contribution in [1.82, 2.24) is 9.13 Å². The SMILES string of the molecule is c1ccc(-n2c3ccccc3c3cc(-c4cccc5c(-c6cccc7c6-c6ccccc6C7(c6ccccc6)c6ccccc6)c6cccc(-c7ccc8c(c7)c7ccccc7n8-c7ccccc7)c6cc45)ccc32)cc1. The first-order valence-corrected chi connectivity index (χ1v) is 26.8. The lowest BCUT2D eigenvalue weighted by molar-refractivity contribution is 0.768. The van der Waals surface area contributed by atoms with Crippen molar-refractivity contribution in [3.63, 3.8) is 0 Å². The summed E-state index contributed by atoms with van der Waals surface area (Å²) in [5.74, 6) is 0. The van der Waals surface area contributed by atoms with E-state index >= 15 is 0 Å². The van der Waals surface area contributed by atoms with Gasteiger partial charge in [-0.15, -0.1) is 0 Å². The number of fused-ring (bicyclic) bond motifs is 11. The molecule has 1 aliphatic rings. The Morgan fingerprint density at radius 3 is 1.14 bits per heavy atom. The lowest BCUT2D eigenvalue weighted by atomic mass is 9.67. The van der Waals surface area contributed by atoms with Crippen molar-refractivity contribution < 1.29 is 0 Å². The molecule has 2 nitrogen and oxygen atoms in total. The zero-order chi connectivity index (χ0) is 50.6. The van der Waals surface area contributed by atoms with E-state index in [0.29, 0.717) is 0 Å². The molecule has 15 aromatic rings. The lowest BCUT2D eigenvalue weighted by Crippen LogP contribution is -2.28. The summed E-state index contributed by atoms with van der Waals surface area (Å²) in [5, 5.41) is 9.84. The van der Waals surface area contributed by atoms with Crippen LogP contribution in [0.1, 0.15) is 22.3 Å². The summed E-state index contributed by atoms with van der Waals surface area (Å²) < 4.78 is 4.81. The van der Waals surface area contributed by atoms with Crippen LogP contribution in [0.3, 0.4) is 0 Å². The van der Waals surface area contributed by atoms with Crippen molar-refractivity contribution in [2.75, 3.05) is 0 Å². The molecule has 0 spiro atoms. The normalized spacial score (nSPS) is 12.8. The van der Waals surface area contributed by atoms with E-state index < -0.39 is 5.41 Å². The van der Waals surface area contributed by atoms with Crippen molar-refractivity contribution in [3.05, 3.63) is 313 Å². The Bertz CT molecular complexity index is 4580. The Balaban J connectivity index is 1.01. The number of rotatable bonds is 7. The Morgan fingerprint density at radius 2 is 0.610 bits per heavy atom.